The number of thiophene rings is 1. The highest BCUT2D eigenvalue weighted by atomic mass is 35.5. The van der Waals surface area contributed by atoms with Crippen molar-refractivity contribution in [3.8, 4) is 11.1 Å². The molecule has 0 aliphatic heterocycles. The first-order chi connectivity index (χ1) is 9.83. The average Bonchev–Trinajstić information content (AvgIpc) is 2.85. The molecule has 0 N–H and O–H groups in total. The van der Waals surface area contributed by atoms with Crippen molar-refractivity contribution >= 4 is 43.1 Å². The van der Waals surface area contributed by atoms with Gasteiger partial charge in [0.2, 0.25) is 0 Å². The molecule has 1 heterocycles. The van der Waals surface area contributed by atoms with Gasteiger partial charge in [-0.2, -0.15) is 0 Å². The molecule has 3 aromatic carbocycles. The van der Waals surface area contributed by atoms with Crippen LogP contribution in [0.4, 0.5) is 0 Å². The third kappa shape index (κ3) is 1.82. The van der Waals surface area contributed by atoms with E-state index in [2.05, 4.69) is 54.6 Å². The minimum absolute atomic E-state index is 0.797. The predicted molar refractivity (Wildman–Crippen MR) is 89.8 cm³/mol. The zero-order valence-corrected chi connectivity index (χ0v) is 12.2. The van der Waals surface area contributed by atoms with Crippen molar-refractivity contribution in [2.75, 3.05) is 0 Å². The van der Waals surface area contributed by atoms with Crippen LogP contribution in [-0.4, -0.2) is 0 Å². The molecule has 0 saturated carbocycles. The highest BCUT2D eigenvalue weighted by Gasteiger charge is 2.09. The zero-order valence-electron chi connectivity index (χ0n) is 10.6. The van der Waals surface area contributed by atoms with Crippen LogP contribution in [0.1, 0.15) is 0 Å². The monoisotopic (exact) mass is 294 g/mol. The van der Waals surface area contributed by atoms with E-state index in [0.29, 0.717) is 0 Å². The van der Waals surface area contributed by atoms with E-state index >= 15 is 0 Å². The maximum atomic E-state index is 6.11. The summed E-state index contributed by atoms with van der Waals surface area (Å²) < 4.78 is 2.58. The fraction of sp³-hybridized carbons (Fsp3) is 0. The molecular weight excluding hydrogens is 284 g/mol. The molecule has 20 heavy (non-hydrogen) atoms. The first kappa shape index (κ1) is 12.0. The highest BCUT2D eigenvalue weighted by molar-refractivity contribution is 7.26. The lowest BCUT2D eigenvalue weighted by Crippen LogP contribution is -1.76. The number of rotatable bonds is 1. The van der Waals surface area contributed by atoms with Gasteiger partial charge in [0, 0.05) is 25.2 Å². The van der Waals surface area contributed by atoms with Gasteiger partial charge in [-0.1, -0.05) is 66.2 Å². The highest BCUT2D eigenvalue weighted by Crippen LogP contribution is 2.40. The van der Waals surface area contributed by atoms with Crippen molar-refractivity contribution in [1.82, 2.24) is 0 Å². The van der Waals surface area contributed by atoms with Gasteiger partial charge in [0.1, 0.15) is 0 Å². The quantitative estimate of drug-likeness (QED) is 0.382. The summed E-state index contributed by atoms with van der Waals surface area (Å²) in [4.78, 5) is 0. The Hall–Kier alpha value is -1.83. The van der Waals surface area contributed by atoms with Crippen LogP contribution in [0.25, 0.3) is 31.3 Å². The molecule has 2 heteroatoms. The Labute approximate surface area is 126 Å². The van der Waals surface area contributed by atoms with Crippen molar-refractivity contribution in [2.45, 2.75) is 0 Å². The molecule has 0 unspecified atom stereocenters. The van der Waals surface area contributed by atoms with Crippen LogP contribution >= 0.6 is 22.9 Å². The van der Waals surface area contributed by atoms with E-state index in [0.717, 1.165) is 5.02 Å². The van der Waals surface area contributed by atoms with Gasteiger partial charge in [-0.3, -0.25) is 0 Å². The lowest BCUT2D eigenvalue weighted by atomic mass is 10.0. The van der Waals surface area contributed by atoms with Gasteiger partial charge in [-0.05, 0) is 23.3 Å². The van der Waals surface area contributed by atoms with E-state index in [1.807, 2.05) is 23.5 Å². The van der Waals surface area contributed by atoms with Gasteiger partial charge in [-0.15, -0.1) is 11.3 Å². The molecule has 0 spiro atoms. The molecule has 1 aromatic heterocycles. The molecule has 4 rings (SSSR count). The Morgan fingerprint density at radius 2 is 1.60 bits per heavy atom. The predicted octanol–water partition coefficient (Wildman–Crippen LogP) is 6.37. The topological polar surface area (TPSA) is 0 Å². The Morgan fingerprint density at radius 1 is 0.750 bits per heavy atom. The van der Waals surface area contributed by atoms with Crippen molar-refractivity contribution in [3.05, 3.63) is 71.8 Å². The van der Waals surface area contributed by atoms with Gasteiger partial charge in [-0.25, -0.2) is 0 Å². The summed E-state index contributed by atoms with van der Waals surface area (Å²) in [6.45, 7) is 0. The summed E-state index contributed by atoms with van der Waals surface area (Å²) >= 11 is 7.92. The Kier molecular flexibility index (Phi) is 2.76. The van der Waals surface area contributed by atoms with Crippen molar-refractivity contribution in [1.29, 1.82) is 0 Å². The van der Waals surface area contributed by atoms with E-state index in [4.69, 9.17) is 11.6 Å². The largest absolute Gasteiger partial charge is 0.134 e. The molecule has 0 nitrogen and oxygen atoms in total. The third-order valence-corrected chi connectivity index (χ3v) is 4.98. The SMILES string of the molecule is Clc1ccc2c(c1)sc1c(-c3ccccc3)cccc12. The number of benzene rings is 3. The number of hydrogen-bond acceptors (Lipinski definition) is 1. The van der Waals surface area contributed by atoms with Crippen molar-refractivity contribution < 1.29 is 0 Å². The van der Waals surface area contributed by atoms with Gasteiger partial charge >= 0.3 is 0 Å². The third-order valence-electron chi connectivity index (χ3n) is 3.55. The fourth-order valence-electron chi connectivity index (χ4n) is 2.62. The molecule has 0 bridgehead atoms. The minimum Gasteiger partial charge on any atom is -0.134 e. The van der Waals surface area contributed by atoms with Crippen LogP contribution in [0.3, 0.4) is 0 Å². The molecule has 0 amide bonds. The second kappa shape index (κ2) is 4.62. The number of halogens is 1. The number of fused-ring (bicyclic) bond motifs is 3. The van der Waals surface area contributed by atoms with Gasteiger partial charge in [0.15, 0.2) is 0 Å². The van der Waals surface area contributed by atoms with Gasteiger partial charge in [0.25, 0.3) is 0 Å². The van der Waals surface area contributed by atoms with E-state index in [1.165, 1.54) is 31.3 Å². The second-order valence-corrected chi connectivity index (χ2v) is 6.28. The van der Waals surface area contributed by atoms with Crippen LogP contribution in [-0.2, 0) is 0 Å². The van der Waals surface area contributed by atoms with E-state index < -0.39 is 0 Å². The first-order valence-corrected chi connectivity index (χ1v) is 7.68. The smallest absolute Gasteiger partial charge is 0.0433 e. The summed E-state index contributed by atoms with van der Waals surface area (Å²) in [5.74, 6) is 0. The first-order valence-electron chi connectivity index (χ1n) is 6.49. The average molecular weight is 295 g/mol. The molecule has 0 aliphatic rings. The zero-order chi connectivity index (χ0) is 13.5. The second-order valence-electron chi connectivity index (χ2n) is 4.79. The maximum absolute atomic E-state index is 6.11. The molecule has 96 valence electrons. The maximum Gasteiger partial charge on any atom is 0.0433 e. The summed E-state index contributed by atoms with van der Waals surface area (Å²) in [5.41, 5.74) is 2.55. The Morgan fingerprint density at radius 3 is 2.45 bits per heavy atom. The van der Waals surface area contributed by atoms with Crippen molar-refractivity contribution in [2.24, 2.45) is 0 Å². The molecule has 0 saturated heterocycles. The lowest BCUT2D eigenvalue weighted by Gasteiger charge is -2.02. The van der Waals surface area contributed by atoms with Crippen LogP contribution in [0.2, 0.25) is 5.02 Å². The molecule has 0 atom stereocenters. The van der Waals surface area contributed by atoms with E-state index in [9.17, 15) is 0 Å². The number of hydrogen-bond donors (Lipinski definition) is 0. The summed E-state index contributed by atoms with van der Waals surface area (Å²) in [7, 11) is 0. The minimum atomic E-state index is 0.797. The van der Waals surface area contributed by atoms with Crippen LogP contribution in [0.15, 0.2) is 66.7 Å². The van der Waals surface area contributed by atoms with Crippen molar-refractivity contribution in [3.63, 3.8) is 0 Å². The molecule has 0 fully saturated rings. The molecular formula is C18H11ClS. The molecule has 0 radical (unpaired) electrons. The lowest BCUT2D eigenvalue weighted by molar-refractivity contribution is 1.67. The molecule has 4 aromatic rings. The standard InChI is InChI=1S/C18H11ClS/c19-13-9-10-15-16-8-4-7-14(12-5-2-1-3-6-12)18(16)20-17(15)11-13/h1-11H. The van der Waals surface area contributed by atoms with Gasteiger partial charge < -0.3 is 0 Å². The Bertz CT molecular complexity index is 907. The van der Waals surface area contributed by atoms with E-state index in [-0.39, 0.29) is 0 Å². The van der Waals surface area contributed by atoms with Gasteiger partial charge in [0.05, 0.1) is 0 Å². The Balaban J connectivity index is 2.11. The van der Waals surface area contributed by atoms with Crippen LogP contribution in [0, 0.1) is 0 Å². The van der Waals surface area contributed by atoms with Crippen LogP contribution in [0.5, 0.6) is 0 Å². The molecule has 0 aliphatic carbocycles. The normalized spacial score (nSPS) is 11.2. The summed E-state index contributed by atoms with van der Waals surface area (Å²) in [5, 5.41) is 3.39. The summed E-state index contributed by atoms with van der Waals surface area (Å²) in [6.07, 6.45) is 0. The summed E-state index contributed by atoms with van der Waals surface area (Å²) in [6, 6.07) is 23.2. The fourth-order valence-corrected chi connectivity index (χ4v) is 4.13. The van der Waals surface area contributed by atoms with E-state index in [1.54, 1.807) is 0 Å². The van der Waals surface area contributed by atoms with Crippen LogP contribution < -0.4 is 0 Å².